The number of nitrogens with zero attached hydrogens (tertiary/aromatic N) is 3. The van der Waals surface area contributed by atoms with Gasteiger partial charge in [-0.15, -0.1) is 10.2 Å². The van der Waals surface area contributed by atoms with Crippen LogP contribution in [0.2, 0.25) is 0 Å². The third-order valence-corrected chi connectivity index (χ3v) is 4.02. The Bertz CT molecular complexity index is 958. The van der Waals surface area contributed by atoms with Crippen molar-refractivity contribution in [1.29, 1.82) is 0 Å². The van der Waals surface area contributed by atoms with Crippen LogP contribution in [0.15, 0.2) is 33.1 Å². The van der Waals surface area contributed by atoms with Crippen LogP contribution in [0.25, 0.3) is 22.6 Å². The highest BCUT2D eigenvalue weighted by Gasteiger charge is 2.36. The van der Waals surface area contributed by atoms with Gasteiger partial charge < -0.3 is 14.2 Å². The molecular weight excluding hydrogens is 312 g/mol. The van der Waals surface area contributed by atoms with Crippen molar-refractivity contribution in [2.24, 2.45) is 0 Å². The number of furan rings is 1. The molecule has 0 spiro atoms. The molecule has 8 nitrogen and oxygen atoms in total. The first-order valence-corrected chi connectivity index (χ1v) is 7.47. The first-order chi connectivity index (χ1) is 11.5. The maximum absolute atomic E-state index is 11.9. The number of benzene rings is 1. The first kappa shape index (κ1) is 14.4. The van der Waals surface area contributed by atoms with Crippen molar-refractivity contribution < 1.29 is 18.4 Å². The van der Waals surface area contributed by atoms with E-state index in [2.05, 4.69) is 15.5 Å². The van der Waals surface area contributed by atoms with Crippen LogP contribution in [0.3, 0.4) is 0 Å². The average molecular weight is 326 g/mol. The molecule has 1 aliphatic rings. The summed E-state index contributed by atoms with van der Waals surface area (Å²) >= 11 is 0. The lowest BCUT2D eigenvalue weighted by Crippen LogP contribution is -2.30. The molecule has 2 aromatic heterocycles. The van der Waals surface area contributed by atoms with Crippen molar-refractivity contribution in [2.45, 2.75) is 26.4 Å². The van der Waals surface area contributed by atoms with E-state index in [-0.39, 0.29) is 24.2 Å². The highest BCUT2D eigenvalue weighted by atomic mass is 16.4. The van der Waals surface area contributed by atoms with Gasteiger partial charge >= 0.3 is 6.03 Å². The second kappa shape index (κ2) is 5.19. The Kier molecular flexibility index (Phi) is 3.12. The molecule has 1 fully saturated rings. The average Bonchev–Trinajstić information content (AvgIpc) is 3.22. The van der Waals surface area contributed by atoms with Crippen molar-refractivity contribution >= 4 is 22.9 Å². The van der Waals surface area contributed by atoms with Crippen molar-refractivity contribution in [1.82, 2.24) is 20.4 Å². The number of aryl methyl sites for hydroxylation is 1. The van der Waals surface area contributed by atoms with E-state index in [1.165, 1.54) is 0 Å². The molecule has 24 heavy (non-hydrogen) atoms. The van der Waals surface area contributed by atoms with Crippen LogP contribution >= 0.6 is 0 Å². The molecule has 1 N–H and O–H groups in total. The van der Waals surface area contributed by atoms with Gasteiger partial charge in [0.1, 0.15) is 18.2 Å². The number of carbonyl (C=O) groups is 2. The lowest BCUT2D eigenvalue weighted by Gasteiger charge is -2.08. The Hall–Kier alpha value is -3.16. The Morgan fingerprint density at radius 2 is 2.00 bits per heavy atom. The Balaban J connectivity index is 1.64. The number of aromatic nitrogens is 2. The monoisotopic (exact) mass is 326 g/mol. The summed E-state index contributed by atoms with van der Waals surface area (Å²) < 4.78 is 11.4. The van der Waals surface area contributed by atoms with Crippen molar-refractivity contribution in [3.8, 4) is 11.7 Å². The maximum Gasteiger partial charge on any atom is 0.325 e. The van der Waals surface area contributed by atoms with Gasteiger partial charge in [-0.25, -0.2) is 4.79 Å². The molecule has 0 bridgehead atoms. The van der Waals surface area contributed by atoms with Gasteiger partial charge in [-0.05, 0) is 19.9 Å². The Morgan fingerprint density at radius 1 is 1.21 bits per heavy atom. The van der Waals surface area contributed by atoms with Gasteiger partial charge in [0.15, 0.2) is 5.76 Å². The standard InChI is InChI=1S/C16H14N4O4/c1-8-10-5-3-4-6-11(10)23-13(8)14-19-18-12(24-14)7-20-15(21)9(2)17-16(20)22/h3-6,9H,7H2,1-2H3,(H,17,22). The summed E-state index contributed by atoms with van der Waals surface area (Å²) in [6.45, 7) is 3.46. The number of carbonyl (C=O) groups excluding carboxylic acids is 2. The lowest BCUT2D eigenvalue weighted by molar-refractivity contribution is -0.127. The molecule has 3 heterocycles. The predicted molar refractivity (Wildman–Crippen MR) is 82.8 cm³/mol. The summed E-state index contributed by atoms with van der Waals surface area (Å²) in [7, 11) is 0. The lowest BCUT2D eigenvalue weighted by atomic mass is 10.1. The summed E-state index contributed by atoms with van der Waals surface area (Å²) in [5, 5.41) is 11.4. The fraction of sp³-hybridized carbons (Fsp3) is 0.250. The fourth-order valence-corrected chi connectivity index (χ4v) is 2.73. The molecule has 0 aliphatic carbocycles. The second-order valence-electron chi connectivity index (χ2n) is 5.65. The summed E-state index contributed by atoms with van der Waals surface area (Å²) in [5.74, 6) is 0.557. The number of rotatable bonds is 3. The molecule has 122 valence electrons. The Morgan fingerprint density at radius 3 is 2.71 bits per heavy atom. The van der Waals surface area contributed by atoms with Gasteiger partial charge in [-0.3, -0.25) is 9.69 Å². The zero-order chi connectivity index (χ0) is 16.8. The van der Waals surface area contributed by atoms with Crippen LogP contribution < -0.4 is 5.32 Å². The van der Waals surface area contributed by atoms with Crippen LogP contribution in [0.1, 0.15) is 18.4 Å². The minimum atomic E-state index is -0.544. The first-order valence-electron chi connectivity index (χ1n) is 7.47. The Labute approximate surface area is 136 Å². The zero-order valence-corrected chi connectivity index (χ0v) is 13.1. The molecular formula is C16H14N4O4. The van der Waals surface area contributed by atoms with E-state index in [9.17, 15) is 9.59 Å². The molecule has 3 aromatic rings. The third-order valence-electron chi connectivity index (χ3n) is 4.02. The van der Waals surface area contributed by atoms with Crippen LogP contribution in [0.4, 0.5) is 4.79 Å². The molecule has 1 atom stereocenters. The molecule has 0 radical (unpaired) electrons. The largest absolute Gasteiger partial charge is 0.451 e. The molecule has 1 unspecified atom stereocenters. The number of imide groups is 1. The number of hydrogen-bond donors (Lipinski definition) is 1. The summed E-state index contributed by atoms with van der Waals surface area (Å²) in [5.41, 5.74) is 1.62. The summed E-state index contributed by atoms with van der Waals surface area (Å²) in [6.07, 6.45) is 0. The van der Waals surface area contributed by atoms with Crippen molar-refractivity contribution in [3.05, 3.63) is 35.7 Å². The summed E-state index contributed by atoms with van der Waals surface area (Å²) in [6, 6.07) is 6.60. The van der Waals surface area contributed by atoms with Gasteiger partial charge in [0.05, 0.1) is 0 Å². The molecule has 1 aromatic carbocycles. The van der Waals surface area contributed by atoms with Crippen molar-refractivity contribution in [3.63, 3.8) is 0 Å². The van der Waals surface area contributed by atoms with Gasteiger partial charge in [-0.1, -0.05) is 18.2 Å². The highest BCUT2D eigenvalue weighted by molar-refractivity contribution is 6.03. The van der Waals surface area contributed by atoms with Gasteiger partial charge in [0, 0.05) is 10.9 Å². The second-order valence-corrected chi connectivity index (χ2v) is 5.65. The fourth-order valence-electron chi connectivity index (χ4n) is 2.73. The van der Waals surface area contributed by atoms with Gasteiger partial charge in [-0.2, -0.15) is 0 Å². The van der Waals surface area contributed by atoms with Crippen LogP contribution in [-0.2, 0) is 11.3 Å². The molecule has 4 rings (SSSR count). The van der Waals surface area contributed by atoms with E-state index in [1.807, 2.05) is 31.2 Å². The minimum Gasteiger partial charge on any atom is -0.451 e. The highest BCUT2D eigenvalue weighted by Crippen LogP contribution is 2.32. The molecule has 3 amide bonds. The predicted octanol–water partition coefficient (Wildman–Crippen LogP) is 2.23. The molecule has 1 saturated heterocycles. The normalized spacial score (nSPS) is 17.8. The molecule has 1 aliphatic heterocycles. The molecule has 0 saturated carbocycles. The van der Waals surface area contributed by atoms with E-state index in [1.54, 1.807) is 6.92 Å². The SMILES string of the molecule is Cc1c(-c2nnc(CN3C(=O)NC(C)C3=O)o2)oc2ccccc12. The van der Waals surface area contributed by atoms with E-state index in [0.29, 0.717) is 5.76 Å². The van der Waals surface area contributed by atoms with Gasteiger partial charge in [0.2, 0.25) is 5.89 Å². The number of urea groups is 1. The van der Waals surface area contributed by atoms with E-state index >= 15 is 0 Å². The topological polar surface area (TPSA) is 101 Å². The van der Waals surface area contributed by atoms with Gasteiger partial charge in [0.25, 0.3) is 11.8 Å². The van der Waals surface area contributed by atoms with Crippen molar-refractivity contribution in [2.75, 3.05) is 0 Å². The zero-order valence-electron chi connectivity index (χ0n) is 13.1. The van der Waals surface area contributed by atoms with Crippen LogP contribution in [-0.4, -0.2) is 33.1 Å². The number of para-hydroxylation sites is 1. The summed E-state index contributed by atoms with van der Waals surface area (Å²) in [4.78, 5) is 24.7. The van der Waals surface area contributed by atoms with E-state index in [4.69, 9.17) is 8.83 Å². The maximum atomic E-state index is 11.9. The van der Waals surface area contributed by atoms with E-state index < -0.39 is 12.1 Å². The quantitative estimate of drug-likeness (QED) is 0.741. The van der Waals surface area contributed by atoms with Crippen LogP contribution in [0, 0.1) is 6.92 Å². The smallest absolute Gasteiger partial charge is 0.325 e. The van der Waals surface area contributed by atoms with Crippen LogP contribution in [0.5, 0.6) is 0 Å². The number of amides is 3. The third kappa shape index (κ3) is 2.15. The molecule has 8 heteroatoms. The number of fused-ring (bicyclic) bond motifs is 1. The number of hydrogen-bond acceptors (Lipinski definition) is 6. The number of nitrogens with one attached hydrogen (secondary N) is 1. The minimum absolute atomic E-state index is 0.0682. The van der Waals surface area contributed by atoms with E-state index in [0.717, 1.165) is 21.4 Å².